The molecule has 0 aliphatic rings. The lowest BCUT2D eigenvalue weighted by Gasteiger charge is -2.19. The van der Waals surface area contributed by atoms with Crippen molar-refractivity contribution in [3.8, 4) is 22.5 Å². The van der Waals surface area contributed by atoms with Crippen LogP contribution in [0.2, 0.25) is 0 Å². The summed E-state index contributed by atoms with van der Waals surface area (Å²) < 4.78 is 24.8. The highest BCUT2D eigenvalue weighted by Crippen LogP contribution is 2.36. The van der Waals surface area contributed by atoms with Gasteiger partial charge >= 0.3 is 5.97 Å². The Morgan fingerprint density at radius 2 is 1.48 bits per heavy atom. The Labute approximate surface area is 191 Å². The number of hydrogen-bond acceptors (Lipinski definition) is 4. The molecule has 1 heterocycles. The van der Waals surface area contributed by atoms with Gasteiger partial charge in [0.2, 0.25) is 0 Å². The van der Waals surface area contributed by atoms with Crippen LogP contribution in [0, 0.1) is 5.82 Å². The molecule has 0 saturated heterocycles. The first-order chi connectivity index (χ1) is 15.7. The molecule has 5 nitrogen and oxygen atoms in total. The Balaban J connectivity index is 1.75. The number of rotatable bonds is 4. The molecule has 0 radical (unpaired) electrons. The van der Waals surface area contributed by atoms with Crippen molar-refractivity contribution in [2.75, 3.05) is 7.05 Å². The van der Waals surface area contributed by atoms with Crippen LogP contribution in [0.15, 0.2) is 71.1 Å². The summed E-state index contributed by atoms with van der Waals surface area (Å²) in [5, 5.41) is 3.30. The SMILES string of the molecule is CNC(=O)c1c(-c2ccc(F)cc2)oc2ccc(-c3ccc(C(=O)OC(C)(C)C)cc3)cc12. The minimum atomic E-state index is -0.569. The molecule has 0 aliphatic carbocycles. The standard InChI is InChI=1S/C27H24FNO4/c1-27(2,3)33-26(31)18-7-5-16(6-8-18)19-11-14-22-21(15-19)23(25(30)29-4)24(32-22)17-9-12-20(28)13-10-17/h5-15H,1-4H3,(H,29,30). The van der Waals surface area contributed by atoms with Crippen molar-refractivity contribution >= 4 is 22.8 Å². The van der Waals surface area contributed by atoms with Crippen molar-refractivity contribution in [2.45, 2.75) is 26.4 Å². The van der Waals surface area contributed by atoms with Crippen LogP contribution in [0.5, 0.6) is 0 Å². The summed E-state index contributed by atoms with van der Waals surface area (Å²) in [6.45, 7) is 5.47. The van der Waals surface area contributed by atoms with E-state index in [0.29, 0.717) is 33.4 Å². The minimum absolute atomic E-state index is 0.300. The molecule has 33 heavy (non-hydrogen) atoms. The van der Waals surface area contributed by atoms with E-state index in [1.165, 1.54) is 12.1 Å². The lowest BCUT2D eigenvalue weighted by molar-refractivity contribution is 0.00694. The molecule has 0 spiro atoms. The summed E-state index contributed by atoms with van der Waals surface area (Å²) in [4.78, 5) is 25.0. The Bertz CT molecular complexity index is 1330. The summed E-state index contributed by atoms with van der Waals surface area (Å²) in [6, 6.07) is 18.5. The number of furan rings is 1. The smallest absolute Gasteiger partial charge is 0.338 e. The van der Waals surface area contributed by atoms with Crippen molar-refractivity contribution in [1.82, 2.24) is 5.32 Å². The Morgan fingerprint density at radius 3 is 2.09 bits per heavy atom. The number of benzene rings is 3. The zero-order valence-corrected chi connectivity index (χ0v) is 18.9. The summed E-state index contributed by atoms with van der Waals surface area (Å²) in [7, 11) is 1.55. The van der Waals surface area contributed by atoms with Gasteiger partial charge in [0.25, 0.3) is 5.91 Å². The zero-order valence-electron chi connectivity index (χ0n) is 18.9. The first-order valence-electron chi connectivity index (χ1n) is 10.5. The van der Waals surface area contributed by atoms with Gasteiger partial charge in [-0.15, -0.1) is 0 Å². The number of fused-ring (bicyclic) bond motifs is 1. The molecule has 1 N–H and O–H groups in total. The molecule has 4 aromatic rings. The highest BCUT2D eigenvalue weighted by molar-refractivity contribution is 6.11. The number of hydrogen-bond donors (Lipinski definition) is 1. The number of ether oxygens (including phenoxy) is 1. The van der Waals surface area contributed by atoms with E-state index in [1.54, 1.807) is 37.4 Å². The minimum Gasteiger partial charge on any atom is -0.456 e. The van der Waals surface area contributed by atoms with E-state index in [4.69, 9.17) is 9.15 Å². The van der Waals surface area contributed by atoms with Crippen LogP contribution in [0.4, 0.5) is 4.39 Å². The van der Waals surface area contributed by atoms with Crippen molar-refractivity contribution in [2.24, 2.45) is 0 Å². The van der Waals surface area contributed by atoms with Crippen molar-refractivity contribution < 1.29 is 23.1 Å². The fraction of sp³-hybridized carbons (Fsp3) is 0.185. The van der Waals surface area contributed by atoms with Gasteiger partial charge in [0, 0.05) is 18.0 Å². The third kappa shape index (κ3) is 4.65. The normalized spacial score (nSPS) is 11.4. The average molecular weight is 445 g/mol. The van der Waals surface area contributed by atoms with E-state index < -0.39 is 5.60 Å². The maximum absolute atomic E-state index is 13.4. The predicted molar refractivity (Wildman–Crippen MR) is 126 cm³/mol. The Hall–Kier alpha value is -3.93. The van der Waals surface area contributed by atoms with Crippen LogP contribution < -0.4 is 5.32 Å². The number of halogens is 1. The van der Waals surface area contributed by atoms with Crippen LogP contribution in [0.1, 0.15) is 41.5 Å². The molecule has 0 aliphatic heterocycles. The largest absolute Gasteiger partial charge is 0.456 e. The van der Waals surface area contributed by atoms with Crippen LogP contribution >= 0.6 is 0 Å². The highest BCUT2D eigenvalue weighted by atomic mass is 19.1. The second-order valence-electron chi connectivity index (χ2n) is 8.68. The van der Waals surface area contributed by atoms with Gasteiger partial charge in [0.05, 0.1) is 11.1 Å². The second kappa shape index (κ2) is 8.54. The molecule has 4 rings (SSSR count). The third-order valence-electron chi connectivity index (χ3n) is 5.10. The van der Waals surface area contributed by atoms with E-state index in [9.17, 15) is 14.0 Å². The van der Waals surface area contributed by atoms with Gasteiger partial charge in [-0.1, -0.05) is 18.2 Å². The number of esters is 1. The van der Waals surface area contributed by atoms with Crippen molar-refractivity contribution in [3.63, 3.8) is 0 Å². The topological polar surface area (TPSA) is 68.5 Å². The van der Waals surface area contributed by atoms with Gasteiger partial charge < -0.3 is 14.5 Å². The number of nitrogens with one attached hydrogen (secondary N) is 1. The summed E-state index contributed by atoms with van der Waals surface area (Å²) in [5.41, 5.74) is 3.15. The van der Waals surface area contributed by atoms with E-state index in [-0.39, 0.29) is 17.7 Å². The van der Waals surface area contributed by atoms with Gasteiger partial charge in [0.15, 0.2) is 0 Å². The summed E-state index contributed by atoms with van der Waals surface area (Å²) >= 11 is 0. The first-order valence-corrected chi connectivity index (χ1v) is 10.5. The quantitative estimate of drug-likeness (QED) is 0.379. The maximum Gasteiger partial charge on any atom is 0.338 e. The molecule has 0 unspecified atom stereocenters. The van der Waals surface area contributed by atoms with Gasteiger partial charge in [0.1, 0.15) is 22.8 Å². The first kappa shape index (κ1) is 22.3. The number of amides is 1. The Kier molecular flexibility index (Phi) is 5.77. The molecule has 0 fully saturated rings. The van der Waals surface area contributed by atoms with Gasteiger partial charge in [-0.05, 0) is 80.4 Å². The molecular weight excluding hydrogens is 421 g/mol. The van der Waals surface area contributed by atoms with Crippen molar-refractivity contribution in [1.29, 1.82) is 0 Å². The molecule has 1 aromatic heterocycles. The second-order valence-corrected chi connectivity index (χ2v) is 8.68. The fourth-order valence-electron chi connectivity index (χ4n) is 3.57. The molecular formula is C27H24FNO4. The van der Waals surface area contributed by atoms with Gasteiger partial charge in [-0.2, -0.15) is 0 Å². The fourth-order valence-corrected chi connectivity index (χ4v) is 3.57. The van der Waals surface area contributed by atoms with Gasteiger partial charge in [-0.3, -0.25) is 4.79 Å². The van der Waals surface area contributed by atoms with Crippen molar-refractivity contribution in [3.05, 3.63) is 83.7 Å². The lowest BCUT2D eigenvalue weighted by atomic mass is 9.99. The number of carbonyl (C=O) groups is 2. The lowest BCUT2D eigenvalue weighted by Crippen LogP contribution is -2.23. The number of carbonyl (C=O) groups excluding carboxylic acids is 2. The van der Waals surface area contributed by atoms with Crippen LogP contribution in [-0.2, 0) is 4.74 Å². The van der Waals surface area contributed by atoms with Crippen LogP contribution in [0.3, 0.4) is 0 Å². The molecule has 0 atom stereocenters. The highest BCUT2D eigenvalue weighted by Gasteiger charge is 2.22. The van der Waals surface area contributed by atoms with Crippen LogP contribution in [-0.4, -0.2) is 24.5 Å². The monoisotopic (exact) mass is 445 g/mol. The summed E-state index contributed by atoms with van der Waals surface area (Å²) in [5.74, 6) is -0.675. The molecule has 1 amide bonds. The van der Waals surface area contributed by atoms with E-state index in [0.717, 1.165) is 11.1 Å². The third-order valence-corrected chi connectivity index (χ3v) is 5.10. The average Bonchev–Trinajstić information content (AvgIpc) is 3.16. The van der Waals surface area contributed by atoms with E-state index in [2.05, 4.69) is 5.32 Å². The molecule has 0 saturated carbocycles. The van der Waals surface area contributed by atoms with E-state index >= 15 is 0 Å². The van der Waals surface area contributed by atoms with Gasteiger partial charge in [-0.25, -0.2) is 9.18 Å². The van der Waals surface area contributed by atoms with Crippen LogP contribution in [0.25, 0.3) is 33.4 Å². The molecule has 168 valence electrons. The zero-order chi connectivity index (χ0) is 23.8. The summed E-state index contributed by atoms with van der Waals surface area (Å²) in [6.07, 6.45) is 0. The predicted octanol–water partition coefficient (Wildman–Crippen LogP) is 6.22. The van der Waals surface area contributed by atoms with E-state index in [1.807, 2.05) is 45.0 Å². The molecule has 0 bridgehead atoms. The molecule has 6 heteroatoms. The maximum atomic E-state index is 13.4. The Morgan fingerprint density at radius 1 is 0.879 bits per heavy atom. The molecule has 3 aromatic carbocycles.